The molecule has 6 nitrogen and oxygen atoms in total. The molecule has 0 radical (unpaired) electrons. The first-order valence-electron chi connectivity index (χ1n) is 6.52. The number of nitrogens with one attached hydrogen (secondary N) is 1. The van der Waals surface area contributed by atoms with E-state index in [1.165, 1.54) is 0 Å². The number of hydrogen-bond donors (Lipinski definition) is 2. The molecule has 2 heterocycles. The van der Waals surface area contributed by atoms with Gasteiger partial charge < -0.3 is 10.6 Å². The number of aryl methyl sites for hydroxylation is 2. The normalized spacial score (nSPS) is 15.3. The number of amides is 2. The molecule has 3 N–H and O–H groups in total. The van der Waals surface area contributed by atoms with Crippen LogP contribution < -0.4 is 5.73 Å². The number of aromatic nitrogens is 2. The third-order valence-electron chi connectivity index (χ3n) is 3.90. The second kappa shape index (κ2) is 4.33. The highest BCUT2D eigenvalue weighted by Gasteiger charge is 2.24. The van der Waals surface area contributed by atoms with E-state index in [1.807, 2.05) is 6.92 Å². The van der Waals surface area contributed by atoms with Crippen LogP contribution in [0.4, 0.5) is 0 Å². The van der Waals surface area contributed by atoms with Crippen molar-refractivity contribution in [1.29, 1.82) is 0 Å². The van der Waals surface area contributed by atoms with Crippen LogP contribution in [-0.4, -0.2) is 34.0 Å². The average Bonchev–Trinajstić information content (AvgIpc) is 2.79. The minimum Gasteiger partial charge on any atom is -0.364 e. The van der Waals surface area contributed by atoms with Gasteiger partial charge in [0.15, 0.2) is 0 Å². The number of rotatable bonds is 1. The highest BCUT2D eigenvalue weighted by atomic mass is 16.2. The maximum absolute atomic E-state index is 11.9. The van der Waals surface area contributed by atoms with E-state index in [1.54, 1.807) is 11.9 Å². The van der Waals surface area contributed by atoms with Crippen LogP contribution in [0.5, 0.6) is 0 Å². The smallest absolute Gasteiger partial charge is 0.267 e. The van der Waals surface area contributed by atoms with Crippen molar-refractivity contribution in [1.82, 2.24) is 15.1 Å². The summed E-state index contributed by atoms with van der Waals surface area (Å²) in [5, 5.41) is 7.67. The zero-order chi connectivity index (χ0) is 14.4. The molecular formula is C14H16N4O2. The Morgan fingerprint density at radius 2 is 2.20 bits per heavy atom. The van der Waals surface area contributed by atoms with Gasteiger partial charge in [0.2, 0.25) is 5.91 Å². The summed E-state index contributed by atoms with van der Waals surface area (Å²) in [6.45, 7) is 2.43. The van der Waals surface area contributed by atoms with Crippen LogP contribution in [0.25, 0.3) is 10.9 Å². The first-order chi connectivity index (χ1) is 9.49. The molecule has 0 aliphatic carbocycles. The zero-order valence-electron chi connectivity index (χ0n) is 11.5. The Kier molecular flexibility index (Phi) is 2.74. The fourth-order valence-electron chi connectivity index (χ4n) is 2.84. The maximum atomic E-state index is 11.9. The lowest BCUT2D eigenvalue weighted by Crippen LogP contribution is -2.24. The summed E-state index contributed by atoms with van der Waals surface area (Å²) in [7, 11) is 1.77. The molecule has 0 spiro atoms. The summed E-state index contributed by atoms with van der Waals surface area (Å²) < 4.78 is 0. The third kappa shape index (κ3) is 1.76. The van der Waals surface area contributed by atoms with E-state index in [-0.39, 0.29) is 5.91 Å². The van der Waals surface area contributed by atoms with Crippen LogP contribution in [0.1, 0.15) is 33.6 Å². The molecule has 3 rings (SSSR count). The number of hydrogen-bond acceptors (Lipinski definition) is 3. The molecule has 0 unspecified atom stereocenters. The number of benzene rings is 1. The molecule has 104 valence electrons. The molecule has 20 heavy (non-hydrogen) atoms. The van der Waals surface area contributed by atoms with Crippen LogP contribution in [-0.2, 0) is 17.8 Å². The second-order valence-electron chi connectivity index (χ2n) is 5.27. The minimum atomic E-state index is -0.529. The average molecular weight is 272 g/mol. The summed E-state index contributed by atoms with van der Waals surface area (Å²) in [5.41, 5.74) is 9.54. The molecular weight excluding hydrogens is 256 g/mol. The molecule has 2 amide bonds. The lowest BCUT2D eigenvalue weighted by molar-refractivity contribution is -0.130. The number of carbonyl (C=O) groups is 2. The Hall–Kier alpha value is -2.37. The maximum Gasteiger partial charge on any atom is 0.267 e. The van der Waals surface area contributed by atoms with Gasteiger partial charge in [0.25, 0.3) is 5.91 Å². The summed E-state index contributed by atoms with van der Waals surface area (Å²) in [5.74, 6) is -0.422. The third-order valence-corrected chi connectivity index (χ3v) is 3.90. The van der Waals surface area contributed by atoms with Crippen molar-refractivity contribution in [3.63, 3.8) is 0 Å². The van der Waals surface area contributed by atoms with Gasteiger partial charge in [-0.2, -0.15) is 5.10 Å². The van der Waals surface area contributed by atoms with Crippen LogP contribution in [0.2, 0.25) is 0 Å². The van der Waals surface area contributed by atoms with Gasteiger partial charge in [-0.1, -0.05) is 6.07 Å². The van der Waals surface area contributed by atoms with Crippen molar-refractivity contribution in [2.24, 2.45) is 5.73 Å². The molecule has 1 aliphatic heterocycles. The lowest BCUT2D eigenvalue weighted by Gasteiger charge is -2.16. The summed E-state index contributed by atoms with van der Waals surface area (Å²) >= 11 is 0. The van der Waals surface area contributed by atoms with Gasteiger partial charge in [-0.25, -0.2) is 0 Å². The molecule has 0 saturated carbocycles. The van der Waals surface area contributed by atoms with E-state index >= 15 is 0 Å². The van der Waals surface area contributed by atoms with Crippen molar-refractivity contribution < 1.29 is 9.59 Å². The van der Waals surface area contributed by atoms with Crippen molar-refractivity contribution in [2.75, 3.05) is 7.05 Å². The van der Waals surface area contributed by atoms with Crippen molar-refractivity contribution in [3.8, 4) is 0 Å². The number of H-pyrrole nitrogens is 1. The molecule has 0 atom stereocenters. The van der Waals surface area contributed by atoms with Gasteiger partial charge in [0, 0.05) is 25.4 Å². The van der Waals surface area contributed by atoms with E-state index in [0.717, 1.165) is 27.6 Å². The van der Waals surface area contributed by atoms with Crippen LogP contribution in [0.3, 0.4) is 0 Å². The van der Waals surface area contributed by atoms with Crippen LogP contribution in [0, 0.1) is 6.92 Å². The number of aromatic amines is 1. The number of nitrogens with zero attached hydrogens (tertiary/aromatic N) is 2. The van der Waals surface area contributed by atoms with Crippen molar-refractivity contribution in [2.45, 2.75) is 26.3 Å². The van der Waals surface area contributed by atoms with Gasteiger partial charge in [0.05, 0.1) is 5.52 Å². The Bertz CT molecular complexity index is 732. The molecule has 0 bridgehead atoms. The van der Waals surface area contributed by atoms with Crippen molar-refractivity contribution in [3.05, 3.63) is 28.5 Å². The fourth-order valence-corrected chi connectivity index (χ4v) is 2.84. The predicted octanol–water partition coefficient (Wildman–Crippen LogP) is 0.875. The van der Waals surface area contributed by atoms with Crippen molar-refractivity contribution >= 4 is 22.7 Å². The largest absolute Gasteiger partial charge is 0.364 e. The Morgan fingerprint density at radius 3 is 2.90 bits per heavy atom. The summed E-state index contributed by atoms with van der Waals surface area (Å²) in [6.07, 6.45) is 1.16. The molecule has 2 aromatic rings. The van der Waals surface area contributed by atoms with Gasteiger partial charge in [-0.3, -0.25) is 14.7 Å². The quantitative estimate of drug-likeness (QED) is 0.807. The summed E-state index contributed by atoms with van der Waals surface area (Å²) in [6, 6.07) is 2.05. The lowest BCUT2D eigenvalue weighted by atomic mass is 9.95. The van der Waals surface area contributed by atoms with E-state index in [9.17, 15) is 9.59 Å². The monoisotopic (exact) mass is 272 g/mol. The topological polar surface area (TPSA) is 92.1 Å². The molecule has 0 saturated heterocycles. The van der Waals surface area contributed by atoms with Gasteiger partial charge in [-0.05, 0) is 30.0 Å². The first-order valence-corrected chi connectivity index (χ1v) is 6.52. The van der Waals surface area contributed by atoms with Gasteiger partial charge in [-0.15, -0.1) is 0 Å². The number of fused-ring (bicyclic) bond motifs is 3. The standard InChI is InChI=1S/C14H16N4O2/c1-7-5-8-3-4-10(19)18(2)6-9(8)11-12(7)16-17-13(11)14(15)20/h5H,3-4,6H2,1-2H3,(H2,15,20)(H,16,17). The van der Waals surface area contributed by atoms with E-state index in [2.05, 4.69) is 16.3 Å². The number of primary amides is 1. The van der Waals surface area contributed by atoms with Crippen LogP contribution in [0.15, 0.2) is 6.07 Å². The molecule has 1 aromatic carbocycles. The SMILES string of the molecule is Cc1cc2c(c3c(C(N)=O)[nH]nc13)CN(C)C(=O)CC2. The molecule has 0 fully saturated rings. The Morgan fingerprint density at radius 1 is 1.45 bits per heavy atom. The predicted molar refractivity (Wildman–Crippen MR) is 74.1 cm³/mol. The minimum absolute atomic E-state index is 0.108. The Balaban J connectivity index is 2.33. The molecule has 1 aliphatic rings. The van der Waals surface area contributed by atoms with E-state index in [0.29, 0.717) is 25.1 Å². The summed E-state index contributed by atoms with van der Waals surface area (Å²) in [4.78, 5) is 25.1. The Labute approximate surface area is 115 Å². The van der Waals surface area contributed by atoms with E-state index < -0.39 is 5.91 Å². The first kappa shape index (κ1) is 12.7. The van der Waals surface area contributed by atoms with E-state index in [4.69, 9.17) is 5.73 Å². The highest BCUT2D eigenvalue weighted by molar-refractivity contribution is 6.06. The highest BCUT2D eigenvalue weighted by Crippen LogP contribution is 2.30. The fraction of sp³-hybridized carbons (Fsp3) is 0.357. The molecule has 1 aromatic heterocycles. The van der Waals surface area contributed by atoms with Gasteiger partial charge in [0.1, 0.15) is 5.69 Å². The van der Waals surface area contributed by atoms with Gasteiger partial charge >= 0.3 is 0 Å². The number of nitrogens with two attached hydrogens (primary N) is 1. The number of carbonyl (C=O) groups excluding carboxylic acids is 2. The molecule has 6 heteroatoms. The van der Waals surface area contributed by atoms with Crippen LogP contribution >= 0.6 is 0 Å². The second-order valence-corrected chi connectivity index (χ2v) is 5.27. The zero-order valence-corrected chi connectivity index (χ0v) is 11.5.